The van der Waals surface area contributed by atoms with Crippen LogP contribution in [0.15, 0.2) is 88.8 Å². The fraction of sp³-hybridized carbons (Fsp3) is 0.522. The Morgan fingerprint density at radius 2 is 1.42 bits per heavy atom. The number of H-pyrrole nitrogens is 2. The smallest absolute Gasteiger partial charge is 0.496 e. The zero-order valence-electron chi connectivity index (χ0n) is 77.5. The first kappa shape index (κ1) is 106. The average molecular weight is 1980 g/mol. The number of para-hydroxylation sites is 1. The lowest BCUT2D eigenvalue weighted by molar-refractivity contribution is -0.203. The lowest BCUT2D eigenvalue weighted by Gasteiger charge is -2.63. The second-order valence-corrected chi connectivity index (χ2v) is 37.9. The van der Waals surface area contributed by atoms with E-state index in [1.807, 2.05) is 61.2 Å². The molecule has 3 aromatic carbocycles. The highest BCUT2D eigenvalue weighted by Crippen LogP contribution is 2.68. The summed E-state index contributed by atoms with van der Waals surface area (Å²) in [6.45, 7) is 8.78. The number of rotatable bonds is 43. The molecule has 7 amide bonds. The quantitative estimate of drug-likeness (QED) is 0.00588. The summed E-state index contributed by atoms with van der Waals surface area (Å²) < 4.78 is 22.8. The maximum absolute atomic E-state index is 15.5. The Bertz CT molecular complexity index is 5730. The van der Waals surface area contributed by atoms with Crippen LogP contribution in [0.25, 0.3) is 22.1 Å². The molecule has 2 bridgehead atoms. The Kier molecular flexibility index (Phi) is 35.0. The number of nitrogen functional groups attached to an aromatic ring is 1. The monoisotopic (exact) mass is 1970 g/mol. The van der Waals surface area contributed by atoms with Crippen molar-refractivity contribution in [3.05, 3.63) is 123 Å². The van der Waals surface area contributed by atoms with Crippen molar-refractivity contribution in [1.29, 1.82) is 0 Å². The normalized spacial score (nSPS) is 23.2. The van der Waals surface area contributed by atoms with E-state index < -0.39 is 203 Å². The number of hydrogen-bond acceptors (Lipinski definition) is 33. The number of nitrogens with zero attached hydrogens (tertiary/aromatic N) is 7. The minimum absolute atomic E-state index is 0.00310. The molecule has 3 aromatic heterocycles. The Morgan fingerprint density at radius 1 is 0.741 bits per heavy atom. The van der Waals surface area contributed by atoms with Crippen molar-refractivity contribution >= 4 is 150 Å². The highest BCUT2D eigenvalue weighted by atomic mass is 33.1. The number of aromatic nitrogens is 5. The minimum atomic E-state index is -2.49. The van der Waals surface area contributed by atoms with E-state index in [1.165, 1.54) is 44.5 Å². The molecular formula is C90H118N20O27S2. The van der Waals surface area contributed by atoms with Gasteiger partial charge in [0, 0.05) is 133 Å². The molecule has 1 spiro atoms. The number of benzene rings is 3. The number of nitrogens with two attached hydrogens (primary N) is 3. The Hall–Kier alpha value is -13.5. The number of aliphatic imine (C=N–C) groups is 1. The van der Waals surface area contributed by atoms with E-state index in [0.717, 1.165) is 50.5 Å². The molecule has 6 aromatic rings. The van der Waals surface area contributed by atoms with Gasteiger partial charge in [-0.1, -0.05) is 65.8 Å². The zero-order chi connectivity index (χ0) is 101. The van der Waals surface area contributed by atoms with Crippen LogP contribution in [0.3, 0.4) is 0 Å². The average Bonchev–Trinajstić information content (AvgIpc) is 1.48. The molecular weight excluding hydrogens is 1860 g/mol. The van der Waals surface area contributed by atoms with Crippen LogP contribution in [0, 0.1) is 11.3 Å². The number of anilines is 3. The van der Waals surface area contributed by atoms with E-state index in [2.05, 4.69) is 88.3 Å². The van der Waals surface area contributed by atoms with Gasteiger partial charge in [-0.15, -0.1) is 0 Å². The van der Waals surface area contributed by atoms with Crippen LogP contribution in [-0.2, 0) is 95.5 Å². The molecule has 16 atom stereocenters. The van der Waals surface area contributed by atoms with Crippen molar-refractivity contribution in [3.63, 3.8) is 0 Å². The van der Waals surface area contributed by atoms with Crippen LogP contribution in [0.1, 0.15) is 143 Å². The number of aliphatic hydroxyl groups is 3. The Balaban J connectivity index is 0.000000285. The molecule has 2 saturated heterocycles. The number of nitrogens with one attached hydrogen (secondary N) is 10. The molecule has 1 saturated carbocycles. The number of amides is 7. The molecule has 5 aliphatic heterocycles. The summed E-state index contributed by atoms with van der Waals surface area (Å²) in [4.78, 5) is 218. The third-order valence-electron chi connectivity index (χ3n) is 26.1. The summed E-state index contributed by atoms with van der Waals surface area (Å²) >= 11 is 0. The number of likely N-dealkylation sites (N-methyl/N-ethyl adjacent to an activating group) is 1. The van der Waals surface area contributed by atoms with Crippen molar-refractivity contribution in [2.75, 3.05) is 108 Å². The molecule has 3 fully saturated rings. The largest absolute Gasteiger partial charge is 0.508 e. The van der Waals surface area contributed by atoms with Gasteiger partial charge in [-0.05, 0) is 125 Å². The van der Waals surface area contributed by atoms with E-state index in [9.17, 15) is 93.0 Å². The van der Waals surface area contributed by atoms with Gasteiger partial charge in [0.15, 0.2) is 22.7 Å². The lowest BCUT2D eigenvalue weighted by atomic mass is 9.47. The molecule has 139 heavy (non-hydrogen) atoms. The van der Waals surface area contributed by atoms with Crippen LogP contribution in [-0.4, -0.2) is 322 Å². The number of esters is 1. The van der Waals surface area contributed by atoms with Gasteiger partial charge < -0.3 is 129 Å². The molecule has 12 rings (SSSR count). The zero-order valence-corrected chi connectivity index (χ0v) is 79.1. The molecule has 24 N–H and O–H groups in total. The van der Waals surface area contributed by atoms with Crippen molar-refractivity contribution in [2.45, 2.75) is 194 Å². The number of carboxylic acid groups (broad SMARTS) is 5. The minimum Gasteiger partial charge on any atom is -0.496 e. The SMILES string of the molecule is CC[C@]1(O)C[C@H]2CN(CCc3c([nH]c4ccccc34)[C@@](C(=O)OC)(c3cc4c(cc3OC)N(C)[C@H]3[C@@](O)(C(=O)NCCOC(=O)OCCSSC[C@H](NC(=O)[C@H](CC(=O)O)NC(C)=O)C(=O)O)[C@H](O)[C@]5(CC)C=CCN6CC[C@]43[C@@H]65)C2)C1.C[C@H](CC(=O)O)NC(=O)[C@H](CCCN=C(N)N)NC(=O)[C@H](CC(=O)O)NC(=O)CC[C@H](NC(=O)c1ccc(NCc2cnc3nc(N)[nH]c(=O)c3n2)cc1)C(=O)O. The van der Waals surface area contributed by atoms with Gasteiger partial charge in [0.25, 0.3) is 17.4 Å². The molecule has 6 aliphatic rings. The highest BCUT2D eigenvalue weighted by Gasteiger charge is 2.79. The van der Waals surface area contributed by atoms with E-state index in [1.54, 1.807) is 14.2 Å². The summed E-state index contributed by atoms with van der Waals surface area (Å²) in [6.07, 6.45) is 2.27. The van der Waals surface area contributed by atoms with E-state index >= 15 is 9.59 Å². The lowest BCUT2D eigenvalue weighted by Crippen LogP contribution is -2.81. The number of hydrogen-bond donors (Lipinski definition) is 21. The number of guanidine groups is 1. The van der Waals surface area contributed by atoms with Crippen LogP contribution in [0.2, 0.25) is 0 Å². The van der Waals surface area contributed by atoms with Gasteiger partial charge >= 0.3 is 42.0 Å². The van der Waals surface area contributed by atoms with Gasteiger partial charge in [0.05, 0.1) is 70.1 Å². The van der Waals surface area contributed by atoms with Crippen LogP contribution in [0.5, 0.6) is 5.75 Å². The fourth-order valence-corrected chi connectivity index (χ4v) is 22.0. The van der Waals surface area contributed by atoms with Gasteiger partial charge in [0.1, 0.15) is 60.7 Å². The summed E-state index contributed by atoms with van der Waals surface area (Å²) in [5.41, 5.74) is 14.0. The van der Waals surface area contributed by atoms with Crippen molar-refractivity contribution in [2.24, 2.45) is 27.8 Å². The van der Waals surface area contributed by atoms with Crippen LogP contribution >= 0.6 is 21.6 Å². The number of aliphatic carboxylic acids is 5. The topological polar surface area (TPSA) is 721 Å². The van der Waals surface area contributed by atoms with E-state index in [0.29, 0.717) is 98.9 Å². The summed E-state index contributed by atoms with van der Waals surface area (Å²) in [5.74, 6) is -13.6. The van der Waals surface area contributed by atoms with E-state index in [4.69, 9.17) is 46.4 Å². The van der Waals surface area contributed by atoms with Crippen molar-refractivity contribution < 1.29 is 127 Å². The first-order valence-electron chi connectivity index (χ1n) is 45.0. The molecule has 0 radical (unpaired) electrons. The van der Waals surface area contributed by atoms with Gasteiger partial charge in [-0.25, -0.2) is 24.4 Å². The number of methoxy groups -OCH3 is 2. The number of carboxylic acids is 5. The second-order valence-electron chi connectivity index (χ2n) is 35.2. The van der Waals surface area contributed by atoms with Crippen molar-refractivity contribution in [3.8, 4) is 5.75 Å². The van der Waals surface area contributed by atoms with Gasteiger partial charge in [-0.2, -0.15) is 4.98 Å². The number of carbonyl (C=O) groups is 14. The maximum atomic E-state index is 15.5. The Morgan fingerprint density at radius 3 is 2.07 bits per heavy atom. The number of aromatic amines is 2. The molecule has 752 valence electrons. The number of aliphatic hydroxyl groups excluding tert-OH is 1. The number of piperidine rings is 1. The third kappa shape index (κ3) is 24.1. The molecule has 8 heterocycles. The maximum Gasteiger partial charge on any atom is 0.508 e. The number of carbonyl (C=O) groups excluding carboxylic acids is 9. The van der Waals surface area contributed by atoms with Crippen LogP contribution in [0.4, 0.5) is 22.1 Å². The third-order valence-corrected chi connectivity index (χ3v) is 28.4. The standard InChI is InChI=1S/C57H75N7O16S2.C33H43N13O11/c1-7-53(75)27-33-28-56(51(73)78-6,44-35(14-19-63(29-33)31-53)34-12-9-10-13-38(34)60-44)37-24-36-41(26-42(37)77-5)62(4)48-55(36)16-20-64-18-11-15-54(8-2,47(55)64)49(71)57(48,76)50(72)58-17-21-79-52(74)80-22-23-81-82-30-40(46(69)70)61-45(68)39(25-43(66)67)59-32(3)65;1-15(11-23(48)49)40-28(53)19(3-2-10-37-32(34)35)43-29(54)21(12-24(50)51)42-22(47)9-8-20(31(56)57)44-27(52)16-4-6-17(7-5-16)38-13-18-14-39-26-25(41-18)30(55)46-33(36)45-26/h9-13,15,24,26,33,39-40,47-49,60,71,75-76H,7-8,14,16-23,25,27-31H2,1-6H3,(H,58,72)(H,59,65)(H,61,68)(H,66,67)(H,69,70);4-7,14-15,19-21,38H,2-3,8-13H2,1H3,(H,40,53)(H,42,47)(H,43,54)(H,44,52)(H,48,49)(H,50,51)(H,56,57)(H4,34,35,37)(H3,36,39,45,46,55)/t33-,39+,40+,47+,48-,49-,53+,54-,55-,56+,57+;15-,19+,20+,21+/m11/s1. The van der Waals surface area contributed by atoms with Gasteiger partial charge in [0.2, 0.25) is 35.5 Å². The summed E-state index contributed by atoms with van der Waals surface area (Å²) in [6, 6.07) is 7.96. The first-order chi connectivity index (χ1) is 66.0. The molecule has 49 heteroatoms. The molecule has 1 unspecified atom stereocenters. The van der Waals surface area contributed by atoms with E-state index in [-0.39, 0.29) is 98.2 Å². The summed E-state index contributed by atoms with van der Waals surface area (Å²) in [7, 11) is 6.91. The summed E-state index contributed by atoms with van der Waals surface area (Å²) in [5, 5.41) is 106. The molecule has 47 nitrogen and oxygen atoms in total. The predicted octanol–water partition coefficient (Wildman–Crippen LogP) is -0.205. The highest BCUT2D eigenvalue weighted by molar-refractivity contribution is 8.76. The fourth-order valence-electron chi connectivity index (χ4n) is 20.0. The number of fused-ring (bicyclic) bond motifs is 7. The second kappa shape index (κ2) is 45.9. The first-order valence-corrected chi connectivity index (χ1v) is 47.5. The van der Waals surface area contributed by atoms with Gasteiger partial charge in [-0.3, -0.25) is 77.3 Å². The van der Waals surface area contributed by atoms with Crippen molar-refractivity contribution in [1.82, 2.24) is 71.9 Å². The van der Waals surface area contributed by atoms with Crippen LogP contribution < -0.4 is 74.9 Å². The molecule has 1 aliphatic carbocycles. The Labute approximate surface area is 803 Å². The number of ether oxygens (including phenoxy) is 4. The predicted molar refractivity (Wildman–Crippen MR) is 504 cm³/mol.